The number of rotatable bonds is 2. The predicted octanol–water partition coefficient (Wildman–Crippen LogP) is 3.86. The molecule has 108 valence electrons. The molecule has 3 rings (SSSR count). The molecule has 1 aromatic carbocycles. The summed E-state index contributed by atoms with van der Waals surface area (Å²) < 4.78 is 11.1. The second-order valence-electron chi connectivity index (χ2n) is 6.51. The molecule has 0 N–H and O–H groups in total. The van der Waals surface area contributed by atoms with Gasteiger partial charge in [-0.25, -0.2) is 0 Å². The van der Waals surface area contributed by atoms with Gasteiger partial charge in [0.25, 0.3) is 0 Å². The molecular formula is C17H22O3. The molecule has 0 amide bonds. The van der Waals surface area contributed by atoms with E-state index in [9.17, 15) is 4.79 Å². The van der Waals surface area contributed by atoms with E-state index in [1.165, 1.54) is 6.42 Å². The Balaban J connectivity index is 1.86. The van der Waals surface area contributed by atoms with E-state index in [1.54, 1.807) is 0 Å². The Labute approximate surface area is 120 Å². The van der Waals surface area contributed by atoms with Crippen LogP contribution < -0.4 is 9.47 Å². The van der Waals surface area contributed by atoms with Crippen LogP contribution in [0.15, 0.2) is 18.2 Å². The van der Waals surface area contributed by atoms with Crippen molar-refractivity contribution in [1.82, 2.24) is 0 Å². The highest BCUT2D eigenvalue weighted by molar-refractivity contribution is 5.99. The van der Waals surface area contributed by atoms with E-state index in [0.29, 0.717) is 19.0 Å². The Kier molecular flexibility index (Phi) is 3.45. The van der Waals surface area contributed by atoms with Gasteiger partial charge in [0.1, 0.15) is 13.2 Å². The average Bonchev–Trinajstić information content (AvgIpc) is 2.45. The summed E-state index contributed by atoms with van der Waals surface area (Å²) in [5, 5.41) is 0. The highest BCUT2D eigenvalue weighted by Crippen LogP contribution is 2.43. The number of ketones is 1. The molecule has 20 heavy (non-hydrogen) atoms. The van der Waals surface area contributed by atoms with Crippen LogP contribution in [0.3, 0.4) is 0 Å². The molecule has 1 heterocycles. The molecule has 0 radical (unpaired) electrons. The minimum absolute atomic E-state index is 0.0998. The zero-order valence-corrected chi connectivity index (χ0v) is 12.3. The predicted molar refractivity (Wildman–Crippen MR) is 77.5 cm³/mol. The molecule has 1 atom stereocenters. The minimum Gasteiger partial charge on any atom is -0.486 e. The third-order valence-electron chi connectivity index (χ3n) is 4.65. The van der Waals surface area contributed by atoms with Crippen molar-refractivity contribution >= 4 is 5.78 Å². The quantitative estimate of drug-likeness (QED) is 0.768. The van der Waals surface area contributed by atoms with Gasteiger partial charge in [0.15, 0.2) is 17.3 Å². The summed E-state index contributed by atoms with van der Waals surface area (Å²) >= 11 is 0. The van der Waals surface area contributed by atoms with E-state index in [0.717, 1.165) is 30.6 Å². The Morgan fingerprint density at radius 2 is 1.90 bits per heavy atom. The molecule has 1 aliphatic carbocycles. The van der Waals surface area contributed by atoms with Crippen LogP contribution in [0.2, 0.25) is 0 Å². The maximum atomic E-state index is 12.8. The van der Waals surface area contributed by atoms with Gasteiger partial charge in [-0.05, 0) is 36.5 Å². The number of Topliss-reactive ketones (excluding diaryl/α,β-unsaturated/α-hetero) is 1. The fourth-order valence-corrected chi connectivity index (χ4v) is 3.38. The largest absolute Gasteiger partial charge is 0.486 e. The minimum atomic E-state index is 0.0998. The number of ether oxygens (including phenoxy) is 2. The summed E-state index contributed by atoms with van der Waals surface area (Å²) in [5.74, 6) is 1.83. The number of benzene rings is 1. The van der Waals surface area contributed by atoms with Gasteiger partial charge in [-0.2, -0.15) is 0 Å². The monoisotopic (exact) mass is 274 g/mol. The maximum Gasteiger partial charge on any atom is 0.166 e. The molecule has 1 saturated carbocycles. The summed E-state index contributed by atoms with van der Waals surface area (Å²) in [7, 11) is 0. The van der Waals surface area contributed by atoms with Gasteiger partial charge in [-0.1, -0.05) is 26.7 Å². The Bertz CT molecular complexity index is 519. The topological polar surface area (TPSA) is 35.5 Å². The lowest BCUT2D eigenvalue weighted by atomic mass is 9.66. The maximum absolute atomic E-state index is 12.8. The number of carbonyl (C=O) groups excluding carboxylic acids is 1. The molecule has 1 fully saturated rings. The fraction of sp³-hybridized carbons (Fsp3) is 0.588. The molecule has 2 aliphatic rings. The van der Waals surface area contributed by atoms with Crippen LogP contribution in [0.25, 0.3) is 0 Å². The zero-order valence-electron chi connectivity index (χ0n) is 12.3. The molecule has 0 aromatic heterocycles. The third-order valence-corrected chi connectivity index (χ3v) is 4.65. The van der Waals surface area contributed by atoms with Gasteiger partial charge >= 0.3 is 0 Å². The summed E-state index contributed by atoms with van der Waals surface area (Å²) in [4.78, 5) is 12.8. The van der Waals surface area contributed by atoms with E-state index < -0.39 is 0 Å². The van der Waals surface area contributed by atoms with Crippen molar-refractivity contribution in [3.63, 3.8) is 0 Å². The van der Waals surface area contributed by atoms with Crippen molar-refractivity contribution < 1.29 is 14.3 Å². The lowest BCUT2D eigenvalue weighted by molar-refractivity contribution is 0.0696. The number of hydrogen-bond donors (Lipinski definition) is 0. The van der Waals surface area contributed by atoms with Crippen molar-refractivity contribution in [1.29, 1.82) is 0 Å². The van der Waals surface area contributed by atoms with Gasteiger partial charge in [0, 0.05) is 11.5 Å². The van der Waals surface area contributed by atoms with Crippen LogP contribution in [0.1, 0.15) is 49.9 Å². The van der Waals surface area contributed by atoms with E-state index >= 15 is 0 Å². The Morgan fingerprint density at radius 1 is 1.15 bits per heavy atom. The van der Waals surface area contributed by atoms with Crippen molar-refractivity contribution in [2.75, 3.05) is 13.2 Å². The Hall–Kier alpha value is -1.51. The summed E-state index contributed by atoms with van der Waals surface area (Å²) in [6, 6.07) is 5.58. The van der Waals surface area contributed by atoms with Crippen LogP contribution in [-0.2, 0) is 0 Å². The number of hydrogen-bond acceptors (Lipinski definition) is 3. The molecule has 1 aromatic rings. The van der Waals surface area contributed by atoms with Crippen LogP contribution in [-0.4, -0.2) is 19.0 Å². The molecule has 3 heteroatoms. The molecule has 1 unspecified atom stereocenters. The van der Waals surface area contributed by atoms with Crippen LogP contribution in [0.4, 0.5) is 0 Å². The molecule has 0 saturated heterocycles. The van der Waals surface area contributed by atoms with Crippen molar-refractivity contribution in [3.8, 4) is 11.5 Å². The van der Waals surface area contributed by atoms with Crippen LogP contribution in [0.5, 0.6) is 11.5 Å². The molecule has 3 nitrogen and oxygen atoms in total. The van der Waals surface area contributed by atoms with E-state index in [2.05, 4.69) is 13.8 Å². The second-order valence-corrected chi connectivity index (χ2v) is 6.51. The third kappa shape index (κ3) is 2.41. The first-order chi connectivity index (χ1) is 9.58. The number of carbonyl (C=O) groups is 1. The highest BCUT2D eigenvalue weighted by Gasteiger charge is 2.37. The second kappa shape index (κ2) is 5.12. The molecule has 0 bridgehead atoms. The smallest absolute Gasteiger partial charge is 0.166 e. The van der Waals surface area contributed by atoms with Crippen LogP contribution in [0, 0.1) is 11.3 Å². The lowest BCUT2D eigenvalue weighted by Crippen LogP contribution is -2.34. The summed E-state index contributed by atoms with van der Waals surface area (Å²) in [6.07, 6.45) is 4.52. The fourth-order valence-electron chi connectivity index (χ4n) is 3.38. The van der Waals surface area contributed by atoms with Crippen molar-refractivity contribution in [2.24, 2.45) is 11.3 Å². The van der Waals surface area contributed by atoms with Crippen LogP contribution >= 0.6 is 0 Å². The standard InChI is InChI=1S/C17H22O3/c1-17(2)8-4-3-5-13(17)16(18)12-6-7-14-15(11-12)20-10-9-19-14/h6-7,11,13H,3-5,8-10H2,1-2H3. The van der Waals surface area contributed by atoms with Gasteiger partial charge in [-0.15, -0.1) is 0 Å². The van der Waals surface area contributed by atoms with E-state index in [1.807, 2.05) is 18.2 Å². The first-order valence-electron chi connectivity index (χ1n) is 7.52. The van der Waals surface area contributed by atoms with Crippen molar-refractivity contribution in [2.45, 2.75) is 39.5 Å². The Morgan fingerprint density at radius 3 is 2.65 bits per heavy atom. The first-order valence-corrected chi connectivity index (χ1v) is 7.52. The van der Waals surface area contributed by atoms with Gasteiger partial charge < -0.3 is 9.47 Å². The summed E-state index contributed by atoms with van der Waals surface area (Å²) in [5.41, 5.74) is 0.858. The molecule has 1 aliphatic heterocycles. The first kappa shape index (κ1) is 13.5. The normalized spacial score (nSPS) is 24.2. The molecular weight excluding hydrogens is 252 g/mol. The number of fused-ring (bicyclic) bond motifs is 1. The van der Waals surface area contributed by atoms with Crippen molar-refractivity contribution in [3.05, 3.63) is 23.8 Å². The average molecular weight is 274 g/mol. The summed E-state index contributed by atoms with van der Waals surface area (Å²) in [6.45, 7) is 5.56. The zero-order chi connectivity index (χ0) is 14.2. The highest BCUT2D eigenvalue weighted by atomic mass is 16.6. The lowest BCUT2D eigenvalue weighted by Gasteiger charge is -2.37. The molecule has 0 spiro atoms. The SMILES string of the molecule is CC1(C)CCCCC1C(=O)c1ccc2c(c1)OCCO2. The van der Waals surface area contributed by atoms with Gasteiger partial charge in [-0.3, -0.25) is 4.79 Å². The van der Waals surface area contributed by atoms with Gasteiger partial charge in [0.05, 0.1) is 0 Å². The van der Waals surface area contributed by atoms with E-state index in [-0.39, 0.29) is 17.1 Å². The van der Waals surface area contributed by atoms with E-state index in [4.69, 9.17) is 9.47 Å². The van der Waals surface area contributed by atoms with Gasteiger partial charge in [0.2, 0.25) is 0 Å².